The molecule has 1 aliphatic heterocycles. The fourth-order valence-corrected chi connectivity index (χ4v) is 4.16. The van der Waals surface area contributed by atoms with Crippen LogP contribution in [0.25, 0.3) is 10.1 Å². The Labute approximate surface area is 169 Å². The number of amides is 1. The number of nitrogens with zero attached hydrogens (tertiary/aromatic N) is 3. The van der Waals surface area contributed by atoms with Crippen molar-refractivity contribution in [3.8, 4) is 0 Å². The summed E-state index contributed by atoms with van der Waals surface area (Å²) in [4.78, 5) is 25.6. The van der Waals surface area contributed by atoms with Crippen molar-refractivity contribution < 1.29 is 27.9 Å². The molecule has 1 saturated heterocycles. The predicted molar refractivity (Wildman–Crippen MR) is 103 cm³/mol. The minimum absolute atomic E-state index is 0.168. The standard InChI is InChI=1S/C16H20N4OS.C2HF3O2/c17-12-9-11(10-12)16(21)20-7-5-19(6-8-20)15-13-3-1-2-4-14(13)22-18-15;3-2(4,5)1(6)7/h1-4,11-12H,5-10,17H2;(H,6,7). The van der Waals surface area contributed by atoms with Gasteiger partial charge in [0.2, 0.25) is 5.91 Å². The molecule has 2 heterocycles. The maximum atomic E-state index is 12.4. The van der Waals surface area contributed by atoms with Crippen LogP contribution in [0.3, 0.4) is 0 Å². The lowest BCUT2D eigenvalue weighted by atomic mass is 9.80. The first-order chi connectivity index (χ1) is 13.7. The van der Waals surface area contributed by atoms with E-state index in [9.17, 15) is 18.0 Å². The highest BCUT2D eigenvalue weighted by atomic mass is 32.1. The lowest BCUT2D eigenvalue weighted by molar-refractivity contribution is -0.192. The van der Waals surface area contributed by atoms with Gasteiger partial charge in [0, 0.05) is 43.5 Å². The molecular formula is C18H21F3N4O3S. The Balaban J connectivity index is 0.000000298. The van der Waals surface area contributed by atoms with Crippen molar-refractivity contribution in [2.75, 3.05) is 31.1 Å². The van der Waals surface area contributed by atoms with Crippen molar-refractivity contribution in [1.29, 1.82) is 0 Å². The number of carbonyl (C=O) groups excluding carboxylic acids is 1. The maximum absolute atomic E-state index is 12.4. The second kappa shape index (κ2) is 8.54. The Hall–Kier alpha value is -2.40. The number of hydrogen-bond acceptors (Lipinski definition) is 6. The molecule has 1 aromatic carbocycles. The van der Waals surface area contributed by atoms with E-state index in [0.717, 1.165) is 44.8 Å². The molecular weight excluding hydrogens is 409 g/mol. The Kier molecular flexibility index (Phi) is 6.27. The summed E-state index contributed by atoms with van der Waals surface area (Å²) in [6.07, 6.45) is -3.37. The summed E-state index contributed by atoms with van der Waals surface area (Å²) in [7, 11) is 0. The monoisotopic (exact) mass is 430 g/mol. The summed E-state index contributed by atoms with van der Waals surface area (Å²) in [5.41, 5.74) is 5.79. The molecule has 11 heteroatoms. The third-order valence-corrected chi connectivity index (χ3v) is 5.83. The summed E-state index contributed by atoms with van der Waals surface area (Å²) in [6.45, 7) is 3.29. The number of carboxylic acid groups (broad SMARTS) is 1. The number of carbonyl (C=O) groups is 2. The number of aliphatic carboxylic acids is 1. The Bertz CT molecular complexity index is 875. The molecule has 2 aromatic rings. The summed E-state index contributed by atoms with van der Waals surface area (Å²) >= 11 is 1.55. The fraction of sp³-hybridized carbons (Fsp3) is 0.500. The van der Waals surface area contributed by atoms with Gasteiger partial charge in [-0.15, -0.1) is 0 Å². The van der Waals surface area contributed by atoms with Gasteiger partial charge in [-0.3, -0.25) is 4.79 Å². The molecule has 0 atom stereocenters. The van der Waals surface area contributed by atoms with Gasteiger partial charge in [0.15, 0.2) is 0 Å². The topological polar surface area (TPSA) is 99.8 Å². The van der Waals surface area contributed by atoms with E-state index in [1.54, 1.807) is 11.5 Å². The molecule has 0 bridgehead atoms. The SMILES string of the molecule is NC1CC(C(=O)N2CCN(c3nsc4ccccc34)CC2)C1.O=C(O)C(F)(F)F. The number of carboxylic acids is 1. The number of aromatic nitrogens is 1. The van der Waals surface area contributed by atoms with E-state index in [-0.39, 0.29) is 12.0 Å². The van der Waals surface area contributed by atoms with Crippen molar-refractivity contribution in [3.05, 3.63) is 24.3 Å². The summed E-state index contributed by atoms with van der Waals surface area (Å²) in [6, 6.07) is 8.57. The van der Waals surface area contributed by atoms with E-state index >= 15 is 0 Å². The quantitative estimate of drug-likeness (QED) is 0.759. The number of benzene rings is 1. The first-order valence-corrected chi connectivity index (χ1v) is 9.88. The molecule has 0 unspecified atom stereocenters. The molecule has 0 radical (unpaired) electrons. The number of nitrogens with two attached hydrogens (primary N) is 1. The highest BCUT2D eigenvalue weighted by molar-refractivity contribution is 7.13. The van der Waals surface area contributed by atoms with Gasteiger partial charge < -0.3 is 20.6 Å². The van der Waals surface area contributed by atoms with Crippen LogP contribution in [0, 0.1) is 5.92 Å². The van der Waals surface area contributed by atoms with Crippen molar-refractivity contribution in [2.45, 2.75) is 25.1 Å². The highest BCUT2D eigenvalue weighted by Crippen LogP contribution is 2.31. The van der Waals surface area contributed by atoms with Crippen LogP contribution < -0.4 is 10.6 Å². The normalized spacial score (nSPS) is 21.9. The average molecular weight is 430 g/mol. The van der Waals surface area contributed by atoms with E-state index in [4.69, 9.17) is 15.6 Å². The van der Waals surface area contributed by atoms with E-state index < -0.39 is 12.1 Å². The molecule has 0 spiro atoms. The highest BCUT2D eigenvalue weighted by Gasteiger charge is 2.38. The minimum Gasteiger partial charge on any atom is -0.475 e. The first kappa shape index (κ1) is 21.3. The zero-order valence-electron chi connectivity index (χ0n) is 15.4. The smallest absolute Gasteiger partial charge is 0.475 e. The van der Waals surface area contributed by atoms with Crippen LogP contribution >= 0.6 is 11.5 Å². The lowest BCUT2D eigenvalue weighted by Gasteiger charge is -2.40. The Morgan fingerprint density at radius 2 is 1.72 bits per heavy atom. The van der Waals surface area contributed by atoms with Gasteiger partial charge in [0.25, 0.3) is 0 Å². The number of halogens is 3. The molecule has 2 fully saturated rings. The number of anilines is 1. The summed E-state index contributed by atoms with van der Waals surface area (Å²) in [5.74, 6) is -1.22. The second-order valence-corrected chi connectivity index (χ2v) is 7.85. The molecule has 1 aliphatic carbocycles. The first-order valence-electron chi connectivity index (χ1n) is 9.10. The van der Waals surface area contributed by atoms with Gasteiger partial charge >= 0.3 is 12.1 Å². The lowest BCUT2D eigenvalue weighted by Crippen LogP contribution is -2.53. The number of rotatable bonds is 2. The zero-order chi connectivity index (χ0) is 21.2. The van der Waals surface area contributed by atoms with Crippen LogP contribution in [0.2, 0.25) is 0 Å². The average Bonchev–Trinajstić information content (AvgIpc) is 3.09. The zero-order valence-corrected chi connectivity index (χ0v) is 16.2. The summed E-state index contributed by atoms with van der Waals surface area (Å²) in [5, 5.41) is 8.34. The van der Waals surface area contributed by atoms with Crippen LogP contribution in [0.15, 0.2) is 24.3 Å². The maximum Gasteiger partial charge on any atom is 0.490 e. The third-order valence-electron chi connectivity index (χ3n) is 5.02. The van der Waals surface area contributed by atoms with Crippen molar-refractivity contribution in [2.24, 2.45) is 11.7 Å². The molecule has 4 rings (SSSR count). The van der Waals surface area contributed by atoms with Crippen LogP contribution in [0.1, 0.15) is 12.8 Å². The predicted octanol–water partition coefficient (Wildman–Crippen LogP) is 2.32. The fourth-order valence-electron chi connectivity index (χ4n) is 3.36. The van der Waals surface area contributed by atoms with Gasteiger partial charge in [0.1, 0.15) is 5.82 Å². The summed E-state index contributed by atoms with van der Waals surface area (Å²) < 4.78 is 37.6. The van der Waals surface area contributed by atoms with Crippen molar-refractivity contribution >= 4 is 39.3 Å². The van der Waals surface area contributed by atoms with Gasteiger partial charge in [0.05, 0.1) is 4.70 Å². The van der Waals surface area contributed by atoms with Crippen LogP contribution in [-0.2, 0) is 9.59 Å². The van der Waals surface area contributed by atoms with Crippen molar-refractivity contribution in [3.63, 3.8) is 0 Å². The number of fused-ring (bicyclic) bond motifs is 1. The van der Waals surface area contributed by atoms with E-state index in [0.29, 0.717) is 5.91 Å². The largest absolute Gasteiger partial charge is 0.490 e. The van der Waals surface area contributed by atoms with Crippen LogP contribution in [0.5, 0.6) is 0 Å². The molecule has 7 nitrogen and oxygen atoms in total. The Morgan fingerprint density at radius 3 is 2.28 bits per heavy atom. The van der Waals surface area contributed by atoms with E-state index in [1.165, 1.54) is 10.1 Å². The molecule has 1 amide bonds. The molecule has 29 heavy (non-hydrogen) atoms. The molecule has 2 aliphatic rings. The van der Waals surface area contributed by atoms with Crippen LogP contribution in [0.4, 0.5) is 19.0 Å². The number of alkyl halides is 3. The minimum atomic E-state index is -5.08. The number of piperazine rings is 1. The molecule has 158 valence electrons. The molecule has 1 aromatic heterocycles. The van der Waals surface area contributed by atoms with E-state index in [1.807, 2.05) is 11.0 Å². The van der Waals surface area contributed by atoms with Gasteiger partial charge in [-0.25, -0.2) is 4.79 Å². The van der Waals surface area contributed by atoms with Crippen molar-refractivity contribution in [1.82, 2.24) is 9.27 Å². The molecule has 1 saturated carbocycles. The van der Waals surface area contributed by atoms with Gasteiger partial charge in [-0.2, -0.15) is 17.5 Å². The van der Waals surface area contributed by atoms with Gasteiger partial charge in [-0.05, 0) is 36.5 Å². The van der Waals surface area contributed by atoms with Crippen LogP contribution in [-0.4, -0.2) is 64.7 Å². The number of hydrogen-bond donors (Lipinski definition) is 2. The van der Waals surface area contributed by atoms with E-state index in [2.05, 4.69) is 27.5 Å². The van der Waals surface area contributed by atoms with Gasteiger partial charge in [-0.1, -0.05) is 12.1 Å². The second-order valence-electron chi connectivity index (χ2n) is 7.05. The Morgan fingerprint density at radius 1 is 1.14 bits per heavy atom. The molecule has 3 N–H and O–H groups in total. The third kappa shape index (κ3) is 4.96.